The number of hydrogen-bond donors (Lipinski definition) is 0. The van der Waals surface area contributed by atoms with Crippen molar-refractivity contribution in [1.29, 1.82) is 0 Å². The van der Waals surface area contributed by atoms with Gasteiger partial charge >= 0.3 is 5.97 Å². The molecule has 0 aliphatic heterocycles. The van der Waals surface area contributed by atoms with E-state index in [9.17, 15) is 19.2 Å². The molecule has 0 saturated heterocycles. The Morgan fingerprint density at radius 1 is 0.435 bits per heavy atom. The maximum absolute atomic E-state index is 11.4. The molecule has 0 N–H and O–H groups in total. The van der Waals surface area contributed by atoms with E-state index in [1.54, 1.807) is 24.3 Å². The largest absolute Gasteiger partial charge is 0.640 e. The summed E-state index contributed by atoms with van der Waals surface area (Å²) in [7, 11) is 57.1. The average Bonchev–Trinajstić information content (AvgIpc) is 0.865. The summed E-state index contributed by atoms with van der Waals surface area (Å²) in [6.45, 7) is 17.3. The maximum atomic E-state index is 11.4. The average molecular weight is 3070 g/mol. The van der Waals surface area contributed by atoms with Crippen LogP contribution in [0.15, 0.2) is 48.1 Å². The van der Waals surface area contributed by atoms with Gasteiger partial charge in [-0.1, -0.05) is 84.4 Å². The first-order valence-corrected chi connectivity index (χ1v) is 28.8. The van der Waals surface area contributed by atoms with Gasteiger partial charge in [-0.3, -0.25) is 14.4 Å². The van der Waals surface area contributed by atoms with E-state index in [4.69, 9.17) is 42.6 Å². The zero-order chi connectivity index (χ0) is 72.4. The summed E-state index contributed by atoms with van der Waals surface area (Å²) in [6.07, 6.45) is 12.8. The van der Waals surface area contributed by atoms with Crippen LogP contribution in [-0.4, -0.2) is 129 Å². The van der Waals surface area contributed by atoms with Gasteiger partial charge in [0.15, 0.2) is 6.79 Å². The molecule has 45 heteroatoms. The van der Waals surface area contributed by atoms with E-state index in [-0.39, 0.29) is 743 Å². The first-order valence-electron chi connectivity index (χ1n) is 28.8. The van der Waals surface area contributed by atoms with Crippen LogP contribution in [0.1, 0.15) is 119 Å². The Labute approximate surface area is 1180 Å². The molecule has 115 heavy (non-hydrogen) atoms. The molecule has 4 rings (SSSR count). The Kier molecular flexibility index (Phi) is 264. The summed E-state index contributed by atoms with van der Waals surface area (Å²) < 4.78 is 102. The molecule has 3 aliphatic rings. The number of allylic oxidation sites excluding steroid dienone is 2. The SMILES string of the molecule is C.C.[CH2-]CO[CH2-].[CH2-]OCC(C)(C)CO[CH2-].[CH2-]OCC(C)O[CH2-].[CH2-]OCC(CC)(CO[CH2-])CO[CH2-].[CH2-]OCOC1CC=C(C)CC1C(=O)O[CH2-].[CH2-]OCOC1CC=CCC1C(=O)O[CH2-].[CH2-]OCOC1CCCCC1C(=O)O[CH2-].[CH2-]OCO[CH2-].[CH2-]OCOc1ccccc1C(=O)O[CH2-].[HH].[Y].[Y].[Y].[Y].[Y].[Y].[Y].[Y].[Y].[Y].[Y].[Y].[Y].[Y].[Y].[Y].[Y].[Y].[Y]. The van der Waals surface area contributed by atoms with Gasteiger partial charge in [0, 0.05) is 679 Å². The summed E-state index contributed by atoms with van der Waals surface area (Å²) in [6, 6.07) is 6.64. The second-order valence-corrected chi connectivity index (χ2v) is 20.4. The third-order valence-electron chi connectivity index (χ3n) is 12.6. The Bertz CT molecular complexity index is 1990. The second-order valence-electron chi connectivity index (χ2n) is 20.4. The van der Waals surface area contributed by atoms with Crippen molar-refractivity contribution >= 4 is 23.9 Å². The first kappa shape index (κ1) is 201. The van der Waals surface area contributed by atoms with Crippen molar-refractivity contribution in [2.75, 3.05) is 80.2 Å². The van der Waals surface area contributed by atoms with Gasteiger partial charge in [-0.2, -0.15) is 28.4 Å². The van der Waals surface area contributed by atoms with E-state index in [1.165, 1.54) is 5.57 Å². The van der Waals surface area contributed by atoms with Crippen LogP contribution >= 0.6 is 0 Å². The van der Waals surface area contributed by atoms with E-state index in [0.29, 0.717) is 83.2 Å². The molecule has 1 saturated carbocycles. The number of benzene rings is 1. The minimum atomic E-state index is -0.551. The Balaban J connectivity index is -0.0000000306. The molecule has 0 spiro atoms. The number of para-hydroxylation sites is 1. The van der Waals surface area contributed by atoms with Crippen LogP contribution in [-0.2, 0) is 735 Å². The van der Waals surface area contributed by atoms with E-state index in [2.05, 4.69) is 203 Å². The van der Waals surface area contributed by atoms with Crippen LogP contribution in [0.25, 0.3) is 0 Å². The summed E-state index contributed by atoms with van der Waals surface area (Å²) in [5.41, 5.74) is 1.34. The predicted octanol–water partition coefficient (Wildman–Crippen LogP) is 13.8. The molecule has 1 aromatic rings. The fourth-order valence-corrected chi connectivity index (χ4v) is 7.87. The molecule has 19 radical (unpaired) electrons. The molecule has 7 unspecified atom stereocenters. The maximum Gasteiger partial charge on any atom is 0.310 e. The number of esters is 4. The first-order chi connectivity index (χ1) is 45.1. The van der Waals surface area contributed by atoms with Crippen molar-refractivity contribution < 1.29 is 746 Å². The van der Waals surface area contributed by atoms with Crippen molar-refractivity contribution in [1.82, 2.24) is 0 Å². The minimum absolute atomic E-state index is 0. The number of carbonyl (C=O) groups excluding carboxylic acids is 4. The normalized spacial score (nSPS) is 14.7. The van der Waals surface area contributed by atoms with E-state index >= 15 is 0 Å². The van der Waals surface area contributed by atoms with Gasteiger partial charge in [0.05, 0.1) is 48.4 Å². The van der Waals surface area contributed by atoms with Crippen molar-refractivity contribution in [3.8, 4) is 5.75 Å². The van der Waals surface area contributed by atoms with Crippen molar-refractivity contribution in [2.45, 2.75) is 132 Å². The summed E-state index contributed by atoms with van der Waals surface area (Å²) in [5, 5.41) is 0. The number of rotatable bonds is 33. The summed E-state index contributed by atoms with van der Waals surface area (Å²) in [4.78, 5) is 45.2. The molecule has 631 valence electrons. The summed E-state index contributed by atoms with van der Waals surface area (Å²) in [5.74, 6) is -1.92. The molecular weight excluding hydrogens is 2950 g/mol. The van der Waals surface area contributed by atoms with Gasteiger partial charge in [-0.05, 0) is 70.9 Å². The Morgan fingerprint density at radius 2 is 0.791 bits per heavy atom. The predicted molar refractivity (Wildman–Crippen MR) is 363 cm³/mol. The summed E-state index contributed by atoms with van der Waals surface area (Å²) >= 11 is 0. The van der Waals surface area contributed by atoms with Gasteiger partial charge in [-0.15, -0.1) is 6.61 Å². The van der Waals surface area contributed by atoms with Crippen LogP contribution in [0.3, 0.4) is 0 Å². The van der Waals surface area contributed by atoms with Gasteiger partial charge in [0.25, 0.3) is 17.9 Å². The third kappa shape index (κ3) is 121. The molecule has 0 amide bonds. The van der Waals surface area contributed by atoms with E-state index < -0.39 is 5.97 Å². The second kappa shape index (κ2) is 151. The third-order valence-corrected chi connectivity index (χ3v) is 12.6. The molecule has 0 aromatic heterocycles. The molecule has 3 aliphatic carbocycles. The van der Waals surface area contributed by atoms with Crippen LogP contribution in [0, 0.1) is 163 Å². The topological polar surface area (TPSA) is 271 Å². The quantitative estimate of drug-likeness (QED) is 0.0208. The van der Waals surface area contributed by atoms with Crippen LogP contribution in [0.5, 0.6) is 5.75 Å². The fraction of sp³-hybridized carbons (Fsp3) is 0.529. The molecular formula is C70H119O26Y19-19. The van der Waals surface area contributed by atoms with Gasteiger partial charge in [-0.25, -0.2) is 104 Å². The standard InChI is InChI=1S/C11H16O4.C10H16O4.C10H14O4.C10H10O4.C9H17O3.C7H14O2.C5H10O2.C3H6O2.C3H6O.2CH4.19Y.H2/c1-8-4-5-10(15-7-13-2)9(6-8)11(12)14-3;3*1-12-7-14-9-6-4-3-5-8(9)10(11)13-2;1-5-9(6-10-2,7-11-3)8-12-4;1-7(2,5-8-3)6-9-4;1-5(7-3)4-6-2;1-4-3-5-2;1-3-4-2;;;;;;;;;;;;;;;;;;;;;;/h4,9-10H,2-3,5-7H2,1H3;8-9H,1-7H2;3-4,8-9H,1-2,5-7H2;3-6H,1-2,7H2;2-8H2,1H3;3-6H2,1-2H3;5H,2-4H2,1H3;1-3H2;1-3H2;2*1H4;;;;;;;;;;;;;;;;;;;;1H/q4*-2;-3;4*-2;;;;;;;;;;;;;;;;;;;;;;. The molecule has 26 nitrogen and oxygen atoms in total. The number of ether oxygens (including phenoxy) is 22. The van der Waals surface area contributed by atoms with Gasteiger partial charge < -0.3 is 111 Å². The molecule has 0 bridgehead atoms. The Morgan fingerprint density at radius 3 is 1.12 bits per heavy atom. The molecule has 0 heterocycles. The Hall–Kier alpha value is 16.7. The molecule has 1 fully saturated rings. The zero-order valence-electron chi connectivity index (χ0n) is 67.5. The van der Waals surface area contributed by atoms with Crippen LogP contribution in [0.2, 0.25) is 0 Å². The van der Waals surface area contributed by atoms with Gasteiger partial charge in [0.1, 0.15) is 26.1 Å². The molecule has 7 atom stereocenters. The smallest absolute Gasteiger partial charge is 0.310 e. The number of hydrogen-bond acceptors (Lipinski definition) is 26. The fourth-order valence-electron chi connectivity index (χ4n) is 7.87. The van der Waals surface area contributed by atoms with Crippen LogP contribution in [0.4, 0.5) is 0 Å². The van der Waals surface area contributed by atoms with Crippen LogP contribution < -0.4 is 4.74 Å². The van der Waals surface area contributed by atoms with Crippen molar-refractivity contribution in [3.63, 3.8) is 0 Å². The monoisotopic (exact) mass is 3070 g/mol. The van der Waals surface area contributed by atoms with E-state index in [1.807, 2.05) is 46.8 Å². The number of carbonyl (C=O) groups is 4. The van der Waals surface area contributed by atoms with Crippen molar-refractivity contribution in [2.24, 2.45) is 28.6 Å². The van der Waals surface area contributed by atoms with E-state index in [0.717, 1.165) is 32.1 Å². The van der Waals surface area contributed by atoms with Gasteiger partial charge in [0.2, 0.25) is 0 Å². The molecule has 1 aromatic carbocycles. The van der Waals surface area contributed by atoms with Crippen molar-refractivity contribution in [3.05, 3.63) is 189 Å². The zero-order valence-corrected chi connectivity index (χ0v) is 121. The minimum Gasteiger partial charge on any atom is -0.640 e.